The lowest BCUT2D eigenvalue weighted by atomic mass is 10.0. The Bertz CT molecular complexity index is 895. The first-order valence-corrected chi connectivity index (χ1v) is 10.6. The summed E-state index contributed by atoms with van der Waals surface area (Å²) in [5.41, 5.74) is 4.12. The Morgan fingerprint density at radius 2 is 1.76 bits per heavy atom. The zero-order valence-electron chi connectivity index (χ0n) is 17.6. The van der Waals surface area contributed by atoms with E-state index in [4.69, 9.17) is 4.74 Å². The number of esters is 1. The summed E-state index contributed by atoms with van der Waals surface area (Å²) in [5, 5.41) is -0.308. The number of anilines is 1. The van der Waals surface area contributed by atoms with Crippen molar-refractivity contribution in [2.75, 3.05) is 32.1 Å². The summed E-state index contributed by atoms with van der Waals surface area (Å²) in [4.78, 5) is 30.3. The number of rotatable bonds is 5. The number of hydrogen-bond acceptors (Lipinski definition) is 5. The van der Waals surface area contributed by atoms with Crippen molar-refractivity contribution in [3.8, 4) is 0 Å². The molecule has 0 saturated heterocycles. The van der Waals surface area contributed by atoms with Gasteiger partial charge < -0.3 is 14.5 Å². The molecule has 0 fully saturated rings. The monoisotopic (exact) mass is 412 g/mol. The molecule has 0 N–H and O–H groups in total. The van der Waals surface area contributed by atoms with Crippen LogP contribution >= 0.6 is 11.8 Å². The van der Waals surface area contributed by atoms with Gasteiger partial charge in [0.15, 0.2) is 6.10 Å². The predicted octanol–water partition coefficient (Wildman–Crippen LogP) is 3.98. The molecule has 2 atom stereocenters. The van der Waals surface area contributed by atoms with Gasteiger partial charge in [0.2, 0.25) is 0 Å². The molecule has 3 rings (SSSR count). The number of carbonyl (C=O) groups excluding carboxylic acids is 2. The molecular formula is C23H28N2O3S. The molecule has 5 nitrogen and oxygen atoms in total. The number of amides is 1. The van der Waals surface area contributed by atoms with Crippen molar-refractivity contribution in [3.05, 3.63) is 59.2 Å². The fraction of sp³-hybridized carbons (Fsp3) is 0.391. The number of aryl methyl sites for hydroxylation is 2. The summed E-state index contributed by atoms with van der Waals surface area (Å²) in [7, 11) is 3.96. The minimum Gasteiger partial charge on any atom is -0.451 e. The number of nitrogens with zero attached hydrogens (tertiary/aromatic N) is 2. The van der Waals surface area contributed by atoms with Gasteiger partial charge in [0, 0.05) is 24.9 Å². The van der Waals surface area contributed by atoms with E-state index in [1.807, 2.05) is 69.2 Å². The Hall–Kier alpha value is -2.31. The van der Waals surface area contributed by atoms with Crippen molar-refractivity contribution in [2.24, 2.45) is 0 Å². The van der Waals surface area contributed by atoms with E-state index in [-0.39, 0.29) is 11.2 Å². The lowest BCUT2D eigenvalue weighted by Gasteiger charge is -2.28. The van der Waals surface area contributed by atoms with Gasteiger partial charge in [0.1, 0.15) is 0 Å². The molecule has 0 radical (unpaired) electrons. The molecule has 0 aromatic heterocycles. The van der Waals surface area contributed by atoms with Crippen LogP contribution in [-0.2, 0) is 14.3 Å². The minimum absolute atomic E-state index is 0.178. The van der Waals surface area contributed by atoms with E-state index < -0.39 is 12.1 Å². The first-order chi connectivity index (χ1) is 13.8. The molecule has 0 bridgehead atoms. The molecule has 1 heterocycles. The standard InChI is InChI=1S/C23H28N2O3S/c1-15-6-9-18(10-7-15)22-21(28-17(3)26)23(27)25(13-12-24(4)5)19-11-8-16(2)14-20(19)29-22/h6-11,14,21-22H,12-13H2,1-5H3/t21-,22+/m1/s1. The van der Waals surface area contributed by atoms with Crippen molar-refractivity contribution in [3.63, 3.8) is 0 Å². The van der Waals surface area contributed by atoms with E-state index in [2.05, 4.69) is 6.07 Å². The molecule has 0 unspecified atom stereocenters. The average Bonchev–Trinajstić information content (AvgIpc) is 2.76. The fourth-order valence-corrected chi connectivity index (χ4v) is 4.78. The second kappa shape index (κ2) is 9.01. The van der Waals surface area contributed by atoms with Crippen LogP contribution in [0.1, 0.15) is 28.9 Å². The smallest absolute Gasteiger partial charge is 0.303 e. The molecule has 29 heavy (non-hydrogen) atoms. The number of benzene rings is 2. The molecule has 6 heteroatoms. The maximum Gasteiger partial charge on any atom is 0.303 e. The van der Waals surface area contributed by atoms with Crippen LogP contribution in [0.4, 0.5) is 5.69 Å². The quantitative estimate of drug-likeness (QED) is 0.696. The van der Waals surface area contributed by atoms with E-state index in [9.17, 15) is 9.59 Å². The van der Waals surface area contributed by atoms with E-state index in [0.29, 0.717) is 13.1 Å². The highest BCUT2D eigenvalue weighted by Gasteiger charge is 2.40. The number of hydrogen-bond donors (Lipinski definition) is 0. The zero-order valence-corrected chi connectivity index (χ0v) is 18.5. The highest BCUT2D eigenvalue weighted by Crippen LogP contribution is 2.47. The topological polar surface area (TPSA) is 49.9 Å². The summed E-state index contributed by atoms with van der Waals surface area (Å²) in [5.74, 6) is -0.626. The SMILES string of the molecule is CC(=O)O[C@H]1C(=O)N(CCN(C)C)c2ccc(C)cc2S[C@H]1c1ccc(C)cc1. The van der Waals surface area contributed by atoms with Gasteiger partial charge in [0.05, 0.1) is 10.9 Å². The summed E-state index contributed by atoms with van der Waals surface area (Å²) in [6.45, 7) is 6.67. The van der Waals surface area contributed by atoms with Crippen molar-refractivity contribution in [1.82, 2.24) is 4.90 Å². The highest BCUT2D eigenvalue weighted by molar-refractivity contribution is 7.99. The molecule has 2 aromatic carbocycles. The summed E-state index contributed by atoms with van der Waals surface area (Å²) in [6, 6.07) is 14.2. The second-order valence-corrected chi connectivity index (χ2v) is 8.93. The zero-order chi connectivity index (χ0) is 21.1. The third-order valence-corrected chi connectivity index (χ3v) is 6.27. The Morgan fingerprint density at radius 3 is 2.38 bits per heavy atom. The first-order valence-electron chi connectivity index (χ1n) is 9.73. The summed E-state index contributed by atoms with van der Waals surface area (Å²) < 4.78 is 5.61. The van der Waals surface area contributed by atoms with Crippen LogP contribution in [0.5, 0.6) is 0 Å². The van der Waals surface area contributed by atoms with Gasteiger partial charge in [-0.1, -0.05) is 35.9 Å². The lowest BCUT2D eigenvalue weighted by molar-refractivity contribution is -0.152. The van der Waals surface area contributed by atoms with Gasteiger partial charge in [-0.05, 0) is 51.2 Å². The highest BCUT2D eigenvalue weighted by atomic mass is 32.2. The van der Waals surface area contributed by atoms with Crippen LogP contribution in [-0.4, -0.2) is 50.1 Å². The van der Waals surface area contributed by atoms with Crippen LogP contribution in [0.3, 0.4) is 0 Å². The molecule has 1 aliphatic heterocycles. The Morgan fingerprint density at radius 1 is 1.10 bits per heavy atom. The number of carbonyl (C=O) groups is 2. The maximum atomic E-state index is 13.6. The largest absolute Gasteiger partial charge is 0.451 e. The number of thioether (sulfide) groups is 1. The second-order valence-electron chi connectivity index (χ2n) is 7.74. The number of ether oxygens (including phenoxy) is 1. The van der Waals surface area contributed by atoms with Crippen molar-refractivity contribution < 1.29 is 14.3 Å². The predicted molar refractivity (Wildman–Crippen MR) is 117 cm³/mol. The van der Waals surface area contributed by atoms with Crippen molar-refractivity contribution in [1.29, 1.82) is 0 Å². The molecule has 0 spiro atoms. The molecule has 2 aromatic rings. The van der Waals surface area contributed by atoms with Gasteiger partial charge in [-0.3, -0.25) is 9.59 Å². The Labute approximate surface area is 177 Å². The Balaban J connectivity index is 2.10. The van der Waals surface area contributed by atoms with Crippen LogP contribution < -0.4 is 4.90 Å². The van der Waals surface area contributed by atoms with Crippen LogP contribution in [0.25, 0.3) is 0 Å². The number of likely N-dealkylation sites (N-methyl/N-ethyl adjacent to an activating group) is 1. The van der Waals surface area contributed by atoms with Gasteiger partial charge in [-0.2, -0.15) is 0 Å². The Kier molecular flexibility index (Phi) is 6.65. The van der Waals surface area contributed by atoms with E-state index in [0.717, 1.165) is 27.3 Å². The fourth-order valence-electron chi connectivity index (χ4n) is 3.36. The average molecular weight is 413 g/mol. The molecule has 1 amide bonds. The molecule has 0 saturated carbocycles. The van der Waals surface area contributed by atoms with Gasteiger partial charge in [-0.25, -0.2) is 0 Å². The van der Waals surface area contributed by atoms with Crippen molar-refractivity contribution >= 4 is 29.3 Å². The summed E-state index contributed by atoms with van der Waals surface area (Å²) >= 11 is 1.59. The number of fused-ring (bicyclic) bond motifs is 1. The van der Waals surface area contributed by atoms with E-state index in [1.165, 1.54) is 6.92 Å². The van der Waals surface area contributed by atoms with Gasteiger partial charge in [-0.15, -0.1) is 11.8 Å². The molecular weight excluding hydrogens is 384 g/mol. The van der Waals surface area contributed by atoms with E-state index in [1.54, 1.807) is 16.7 Å². The van der Waals surface area contributed by atoms with Crippen LogP contribution in [0, 0.1) is 13.8 Å². The van der Waals surface area contributed by atoms with Crippen LogP contribution in [0.15, 0.2) is 47.4 Å². The summed E-state index contributed by atoms with van der Waals surface area (Å²) in [6.07, 6.45) is -0.880. The van der Waals surface area contributed by atoms with Crippen molar-refractivity contribution in [2.45, 2.75) is 37.0 Å². The van der Waals surface area contributed by atoms with Crippen LogP contribution in [0.2, 0.25) is 0 Å². The first kappa shape index (κ1) is 21.4. The maximum absolute atomic E-state index is 13.6. The van der Waals surface area contributed by atoms with Gasteiger partial charge >= 0.3 is 5.97 Å². The molecule has 154 valence electrons. The van der Waals surface area contributed by atoms with Gasteiger partial charge in [0.25, 0.3) is 5.91 Å². The van der Waals surface area contributed by atoms with E-state index >= 15 is 0 Å². The lowest BCUT2D eigenvalue weighted by Crippen LogP contribution is -2.45. The third-order valence-electron chi connectivity index (χ3n) is 4.91. The molecule has 1 aliphatic rings. The third kappa shape index (κ3) is 5.00. The normalized spacial score (nSPS) is 19.1. The molecule has 0 aliphatic carbocycles. The minimum atomic E-state index is -0.880.